The van der Waals surface area contributed by atoms with E-state index in [-0.39, 0.29) is 5.78 Å². The summed E-state index contributed by atoms with van der Waals surface area (Å²) in [6, 6.07) is 21.2. The predicted octanol–water partition coefficient (Wildman–Crippen LogP) is 5.39. The Balaban J connectivity index is 2.11. The van der Waals surface area contributed by atoms with Crippen LogP contribution in [0.15, 0.2) is 76.5 Å². The molecule has 0 fully saturated rings. The van der Waals surface area contributed by atoms with Gasteiger partial charge < -0.3 is 9.47 Å². The molecular weight excluding hydrogens is 344 g/mol. The van der Waals surface area contributed by atoms with Crippen LogP contribution >= 0.6 is 11.8 Å². The van der Waals surface area contributed by atoms with Crippen molar-refractivity contribution in [3.63, 3.8) is 0 Å². The van der Waals surface area contributed by atoms with Gasteiger partial charge in [-0.25, -0.2) is 0 Å². The number of aryl methyl sites for hydroxylation is 1. The molecular formula is C22H20O3S. The van der Waals surface area contributed by atoms with E-state index in [9.17, 15) is 4.79 Å². The van der Waals surface area contributed by atoms with Gasteiger partial charge in [-0.15, -0.1) is 0 Å². The van der Waals surface area contributed by atoms with Crippen LogP contribution < -0.4 is 9.47 Å². The van der Waals surface area contributed by atoms with E-state index in [0.717, 1.165) is 15.4 Å². The van der Waals surface area contributed by atoms with Crippen molar-refractivity contribution in [1.29, 1.82) is 0 Å². The fraction of sp³-hybridized carbons (Fsp3) is 0.136. The molecule has 0 aliphatic rings. The number of hydrogen-bond acceptors (Lipinski definition) is 4. The standard InChI is InChI=1S/C22H20O3S/c1-15-9-7-12-17(22(15)26-16-10-5-4-6-11-16)21(23)20-18(24-2)13-8-14-19(20)25-3/h4-14H,1-3H3. The molecule has 0 heterocycles. The fourth-order valence-electron chi connectivity index (χ4n) is 2.78. The third-order valence-electron chi connectivity index (χ3n) is 4.07. The van der Waals surface area contributed by atoms with Crippen LogP contribution in [0.25, 0.3) is 0 Å². The van der Waals surface area contributed by atoms with Gasteiger partial charge in [0.25, 0.3) is 0 Å². The molecule has 3 aromatic carbocycles. The molecule has 132 valence electrons. The van der Waals surface area contributed by atoms with Crippen molar-refractivity contribution in [2.45, 2.75) is 16.7 Å². The van der Waals surface area contributed by atoms with Crippen LogP contribution in [0.1, 0.15) is 21.5 Å². The zero-order valence-corrected chi connectivity index (χ0v) is 15.8. The second-order valence-electron chi connectivity index (χ2n) is 5.73. The van der Waals surface area contributed by atoms with Gasteiger partial charge in [0, 0.05) is 15.4 Å². The monoisotopic (exact) mass is 364 g/mol. The van der Waals surface area contributed by atoms with Crippen LogP contribution in [0.4, 0.5) is 0 Å². The maximum absolute atomic E-state index is 13.4. The lowest BCUT2D eigenvalue weighted by Gasteiger charge is -2.15. The van der Waals surface area contributed by atoms with E-state index in [1.54, 1.807) is 38.1 Å². The highest BCUT2D eigenvalue weighted by Gasteiger charge is 2.23. The predicted molar refractivity (Wildman–Crippen MR) is 105 cm³/mol. The molecule has 3 rings (SSSR count). The molecule has 26 heavy (non-hydrogen) atoms. The van der Waals surface area contributed by atoms with Crippen molar-refractivity contribution >= 4 is 17.5 Å². The van der Waals surface area contributed by atoms with E-state index in [4.69, 9.17) is 9.47 Å². The summed E-state index contributed by atoms with van der Waals surface area (Å²) in [5.74, 6) is 0.902. The molecule has 3 nitrogen and oxygen atoms in total. The lowest BCUT2D eigenvalue weighted by Crippen LogP contribution is -2.08. The summed E-state index contributed by atoms with van der Waals surface area (Å²) in [4.78, 5) is 15.4. The van der Waals surface area contributed by atoms with Gasteiger partial charge in [-0.05, 0) is 42.8 Å². The Morgan fingerprint density at radius 2 is 1.42 bits per heavy atom. The van der Waals surface area contributed by atoms with Crippen LogP contribution in [0.2, 0.25) is 0 Å². The zero-order chi connectivity index (χ0) is 18.5. The number of benzene rings is 3. The van der Waals surface area contributed by atoms with Gasteiger partial charge in [0.05, 0.1) is 14.2 Å². The Morgan fingerprint density at radius 3 is 2.04 bits per heavy atom. The number of methoxy groups -OCH3 is 2. The van der Waals surface area contributed by atoms with Gasteiger partial charge in [0.2, 0.25) is 5.78 Å². The Kier molecular flexibility index (Phi) is 5.64. The van der Waals surface area contributed by atoms with Gasteiger partial charge in [0.1, 0.15) is 17.1 Å². The van der Waals surface area contributed by atoms with E-state index in [1.807, 2.05) is 61.5 Å². The van der Waals surface area contributed by atoms with Gasteiger partial charge >= 0.3 is 0 Å². The molecule has 0 aliphatic heterocycles. The summed E-state index contributed by atoms with van der Waals surface area (Å²) in [6.45, 7) is 2.02. The highest BCUT2D eigenvalue weighted by Crippen LogP contribution is 2.37. The number of carbonyl (C=O) groups is 1. The van der Waals surface area contributed by atoms with Gasteiger partial charge in [0.15, 0.2) is 0 Å². The summed E-state index contributed by atoms with van der Waals surface area (Å²) >= 11 is 1.59. The number of rotatable bonds is 6. The number of ether oxygens (including phenoxy) is 2. The summed E-state index contributed by atoms with van der Waals surface area (Å²) in [6.07, 6.45) is 0. The van der Waals surface area contributed by atoms with Crippen molar-refractivity contribution in [1.82, 2.24) is 0 Å². The first-order valence-electron chi connectivity index (χ1n) is 8.24. The quantitative estimate of drug-likeness (QED) is 0.549. The summed E-state index contributed by atoms with van der Waals surface area (Å²) in [5, 5.41) is 0. The van der Waals surface area contributed by atoms with Crippen molar-refractivity contribution in [3.8, 4) is 11.5 Å². The summed E-state index contributed by atoms with van der Waals surface area (Å²) < 4.78 is 10.8. The van der Waals surface area contributed by atoms with Crippen molar-refractivity contribution in [3.05, 3.63) is 83.4 Å². The van der Waals surface area contributed by atoms with Gasteiger partial charge in [-0.3, -0.25) is 4.79 Å². The Hall–Kier alpha value is -2.72. The third kappa shape index (κ3) is 3.60. The minimum absolute atomic E-state index is 0.110. The van der Waals surface area contributed by atoms with Crippen LogP contribution in [0.5, 0.6) is 11.5 Å². The minimum atomic E-state index is -0.110. The molecule has 0 bridgehead atoms. The molecule has 0 unspecified atom stereocenters. The van der Waals surface area contributed by atoms with Crippen molar-refractivity contribution < 1.29 is 14.3 Å². The second-order valence-corrected chi connectivity index (χ2v) is 6.82. The molecule has 0 saturated heterocycles. The number of carbonyl (C=O) groups excluding carboxylic acids is 1. The molecule has 0 radical (unpaired) electrons. The topological polar surface area (TPSA) is 35.5 Å². The Bertz CT molecular complexity index is 898. The smallest absolute Gasteiger partial charge is 0.201 e. The largest absolute Gasteiger partial charge is 0.496 e. The average molecular weight is 364 g/mol. The number of ketones is 1. The summed E-state index contributed by atoms with van der Waals surface area (Å²) in [7, 11) is 3.11. The molecule has 0 spiro atoms. The first-order chi connectivity index (χ1) is 12.7. The van der Waals surface area contributed by atoms with E-state index in [2.05, 4.69) is 0 Å². The maximum atomic E-state index is 13.4. The molecule has 0 aromatic heterocycles. The normalized spacial score (nSPS) is 10.4. The highest BCUT2D eigenvalue weighted by atomic mass is 32.2. The van der Waals surface area contributed by atoms with E-state index >= 15 is 0 Å². The molecule has 0 saturated carbocycles. The van der Waals surface area contributed by atoms with Crippen molar-refractivity contribution in [2.24, 2.45) is 0 Å². The average Bonchev–Trinajstić information content (AvgIpc) is 2.69. The van der Waals surface area contributed by atoms with Gasteiger partial charge in [-0.1, -0.05) is 48.2 Å². The molecule has 3 aromatic rings. The van der Waals surface area contributed by atoms with Crippen LogP contribution in [-0.2, 0) is 0 Å². The van der Waals surface area contributed by atoms with Crippen molar-refractivity contribution in [2.75, 3.05) is 14.2 Å². The highest BCUT2D eigenvalue weighted by molar-refractivity contribution is 7.99. The van der Waals surface area contributed by atoms with E-state index in [1.165, 1.54) is 0 Å². The third-order valence-corrected chi connectivity index (χ3v) is 5.33. The zero-order valence-electron chi connectivity index (χ0n) is 15.0. The first kappa shape index (κ1) is 18.1. The second kappa shape index (κ2) is 8.11. The Morgan fingerprint density at radius 1 is 0.808 bits per heavy atom. The van der Waals surface area contributed by atoms with Gasteiger partial charge in [-0.2, -0.15) is 0 Å². The lowest BCUT2D eigenvalue weighted by molar-refractivity contribution is 0.103. The van der Waals surface area contributed by atoms with E-state index in [0.29, 0.717) is 22.6 Å². The molecule has 0 atom stereocenters. The summed E-state index contributed by atoms with van der Waals surface area (Å²) in [5.41, 5.74) is 2.14. The first-order valence-corrected chi connectivity index (χ1v) is 9.05. The molecule has 0 N–H and O–H groups in total. The number of hydrogen-bond donors (Lipinski definition) is 0. The Labute approximate surface area is 158 Å². The SMILES string of the molecule is COc1cccc(OC)c1C(=O)c1cccc(C)c1Sc1ccccc1. The van der Waals surface area contributed by atoms with Crippen LogP contribution in [0, 0.1) is 6.92 Å². The molecule has 0 amide bonds. The maximum Gasteiger partial charge on any atom is 0.201 e. The van der Waals surface area contributed by atoms with Crippen LogP contribution in [0.3, 0.4) is 0 Å². The minimum Gasteiger partial charge on any atom is -0.496 e. The van der Waals surface area contributed by atoms with Crippen LogP contribution in [-0.4, -0.2) is 20.0 Å². The lowest BCUT2D eigenvalue weighted by atomic mass is 9.99. The molecule has 0 aliphatic carbocycles. The molecule has 4 heteroatoms. The van der Waals surface area contributed by atoms with E-state index < -0.39 is 0 Å². The fourth-order valence-corrected chi connectivity index (χ4v) is 3.81.